The van der Waals surface area contributed by atoms with Gasteiger partial charge in [0.25, 0.3) is 5.56 Å². The van der Waals surface area contributed by atoms with Gasteiger partial charge in [-0.3, -0.25) is 14.6 Å². The van der Waals surface area contributed by atoms with Gasteiger partial charge in [0.1, 0.15) is 11.6 Å². The summed E-state index contributed by atoms with van der Waals surface area (Å²) in [4.78, 5) is 36.6. The van der Waals surface area contributed by atoms with Crippen LogP contribution in [0.2, 0.25) is 0 Å². The number of Topliss-reactive ketones (excluding diaryl/α,β-unsaturated/α-hetero) is 1. The maximum Gasteiger partial charge on any atom is 0.254 e. The van der Waals surface area contributed by atoms with Crippen LogP contribution in [0.3, 0.4) is 0 Å². The number of nitrogens with one attached hydrogen (secondary N) is 1. The summed E-state index contributed by atoms with van der Waals surface area (Å²) in [6.45, 7) is 4.22. The molecule has 4 rings (SSSR count). The lowest BCUT2D eigenvalue weighted by molar-refractivity contribution is -0.128. The molecular weight excluding hydrogens is 302 g/mol. The number of H-pyrrole nitrogens is 1. The fraction of sp³-hybridized carbons (Fsp3) is 0.474. The Balaban J connectivity index is 1.89. The molecule has 0 unspecified atom stereocenters. The number of hydrogen-bond acceptors (Lipinski definition) is 4. The third-order valence-electron chi connectivity index (χ3n) is 6.04. The number of carbonyl (C=O) groups is 1. The second-order valence-electron chi connectivity index (χ2n) is 7.30. The summed E-state index contributed by atoms with van der Waals surface area (Å²) in [5.41, 5.74) is 2.31. The molecule has 5 nitrogen and oxygen atoms in total. The number of pyridine rings is 1. The molecule has 1 N–H and O–H groups in total. The number of fused-ring (bicyclic) bond motifs is 3. The molecule has 0 amide bonds. The van der Waals surface area contributed by atoms with Crippen LogP contribution in [0.15, 0.2) is 29.3 Å². The lowest BCUT2D eigenvalue weighted by Crippen LogP contribution is -2.48. The van der Waals surface area contributed by atoms with Gasteiger partial charge in [0.05, 0.1) is 5.69 Å². The molecule has 0 radical (unpaired) electrons. The van der Waals surface area contributed by atoms with Crippen molar-refractivity contribution in [2.24, 2.45) is 11.8 Å². The van der Waals surface area contributed by atoms with Gasteiger partial charge in [-0.1, -0.05) is 13.8 Å². The molecule has 2 aromatic heterocycles. The number of ketones is 1. The van der Waals surface area contributed by atoms with E-state index in [4.69, 9.17) is 4.98 Å². The van der Waals surface area contributed by atoms with Crippen LogP contribution in [0.1, 0.15) is 44.4 Å². The molecule has 2 aromatic rings. The fourth-order valence-corrected chi connectivity index (χ4v) is 4.58. The first-order valence-electron chi connectivity index (χ1n) is 8.57. The Kier molecular flexibility index (Phi) is 3.41. The molecule has 0 aromatic carbocycles. The van der Waals surface area contributed by atoms with Crippen LogP contribution in [0.5, 0.6) is 0 Å². The van der Waals surface area contributed by atoms with Gasteiger partial charge in [0.15, 0.2) is 0 Å². The third kappa shape index (κ3) is 2.14. The van der Waals surface area contributed by atoms with Crippen molar-refractivity contribution in [3.8, 4) is 11.4 Å². The van der Waals surface area contributed by atoms with Gasteiger partial charge < -0.3 is 4.98 Å². The summed E-state index contributed by atoms with van der Waals surface area (Å²) < 4.78 is 0. The van der Waals surface area contributed by atoms with E-state index >= 15 is 0 Å². The van der Waals surface area contributed by atoms with Crippen molar-refractivity contribution in [1.29, 1.82) is 0 Å². The van der Waals surface area contributed by atoms with Gasteiger partial charge in [0.2, 0.25) is 0 Å². The summed E-state index contributed by atoms with van der Waals surface area (Å²) in [6, 6.07) is 3.70. The summed E-state index contributed by atoms with van der Waals surface area (Å²) in [6.07, 6.45) is 6.33. The molecule has 2 heterocycles. The molecule has 0 spiro atoms. The average molecular weight is 323 g/mol. The molecule has 2 aliphatic rings. The number of aromatic nitrogens is 3. The fourth-order valence-electron chi connectivity index (χ4n) is 4.58. The van der Waals surface area contributed by atoms with E-state index in [0.29, 0.717) is 24.4 Å². The van der Waals surface area contributed by atoms with E-state index in [0.717, 1.165) is 29.7 Å². The first-order chi connectivity index (χ1) is 11.5. The number of aromatic amines is 1. The van der Waals surface area contributed by atoms with E-state index in [1.807, 2.05) is 19.1 Å². The van der Waals surface area contributed by atoms with Crippen molar-refractivity contribution < 1.29 is 4.79 Å². The topological polar surface area (TPSA) is 75.7 Å². The molecule has 5 heteroatoms. The number of nitrogens with zero attached hydrogens (tertiary/aromatic N) is 2. The minimum atomic E-state index is -0.197. The van der Waals surface area contributed by atoms with Gasteiger partial charge >= 0.3 is 0 Å². The van der Waals surface area contributed by atoms with Crippen LogP contribution in [0.4, 0.5) is 0 Å². The Morgan fingerprint density at radius 1 is 1.21 bits per heavy atom. The Morgan fingerprint density at radius 2 is 1.96 bits per heavy atom. The zero-order chi connectivity index (χ0) is 16.9. The zero-order valence-corrected chi connectivity index (χ0v) is 14.0. The summed E-state index contributed by atoms with van der Waals surface area (Å²) in [5.74, 6) is 1.25. The molecule has 1 fully saturated rings. The Bertz CT molecular complexity index is 859. The third-order valence-corrected chi connectivity index (χ3v) is 6.04. The second kappa shape index (κ2) is 5.36. The standard InChI is InChI=1S/C19H21N3O2/c1-11-14-4-3-13-16(19(14,2)8-5-15(11)23)21-17(22-18(13)24)12-6-9-20-10-7-12/h6-7,9-11,14H,3-5,8H2,1-2H3,(H,21,22,24)/t11-,14-,19-/m1/s1. The second-order valence-corrected chi connectivity index (χ2v) is 7.30. The molecule has 3 atom stereocenters. The molecular formula is C19H21N3O2. The largest absolute Gasteiger partial charge is 0.306 e. The Morgan fingerprint density at radius 3 is 2.71 bits per heavy atom. The van der Waals surface area contributed by atoms with Crippen LogP contribution in [-0.4, -0.2) is 20.7 Å². The van der Waals surface area contributed by atoms with E-state index in [2.05, 4.69) is 16.9 Å². The highest BCUT2D eigenvalue weighted by atomic mass is 16.1. The zero-order valence-electron chi connectivity index (χ0n) is 14.0. The monoisotopic (exact) mass is 323 g/mol. The predicted molar refractivity (Wildman–Crippen MR) is 90.7 cm³/mol. The van der Waals surface area contributed by atoms with Crippen molar-refractivity contribution in [2.75, 3.05) is 0 Å². The lowest BCUT2D eigenvalue weighted by Gasteiger charge is -2.47. The Hall–Kier alpha value is -2.30. The number of carbonyl (C=O) groups excluding carboxylic acids is 1. The molecule has 124 valence electrons. The van der Waals surface area contributed by atoms with Crippen LogP contribution >= 0.6 is 0 Å². The van der Waals surface area contributed by atoms with Gasteiger partial charge in [-0.05, 0) is 37.3 Å². The van der Waals surface area contributed by atoms with E-state index in [9.17, 15) is 9.59 Å². The number of hydrogen-bond donors (Lipinski definition) is 1. The van der Waals surface area contributed by atoms with Crippen LogP contribution in [0, 0.1) is 11.8 Å². The summed E-state index contributed by atoms with van der Waals surface area (Å²) in [5, 5.41) is 0. The number of rotatable bonds is 1. The SMILES string of the molecule is C[C@H]1C(=O)CC[C@@]2(C)c3nc(-c4ccncc4)[nH]c(=O)c3CC[C@H]12. The Labute approximate surface area is 140 Å². The first-order valence-corrected chi connectivity index (χ1v) is 8.57. The smallest absolute Gasteiger partial charge is 0.254 e. The predicted octanol–water partition coefficient (Wildman–Crippen LogP) is 2.65. The van der Waals surface area contributed by atoms with Crippen molar-refractivity contribution in [3.63, 3.8) is 0 Å². The van der Waals surface area contributed by atoms with Crippen LogP contribution in [-0.2, 0) is 16.6 Å². The highest BCUT2D eigenvalue weighted by Crippen LogP contribution is 2.49. The highest BCUT2D eigenvalue weighted by molar-refractivity contribution is 5.82. The van der Waals surface area contributed by atoms with Gasteiger partial charge in [-0.2, -0.15) is 0 Å². The van der Waals surface area contributed by atoms with E-state index in [1.165, 1.54) is 0 Å². The van der Waals surface area contributed by atoms with Crippen molar-refractivity contribution in [1.82, 2.24) is 15.0 Å². The molecule has 0 bridgehead atoms. The molecule has 1 saturated carbocycles. The van der Waals surface area contributed by atoms with E-state index < -0.39 is 0 Å². The van der Waals surface area contributed by atoms with Crippen molar-refractivity contribution in [3.05, 3.63) is 46.1 Å². The quantitative estimate of drug-likeness (QED) is 0.875. The maximum atomic E-state index is 12.6. The van der Waals surface area contributed by atoms with Crippen LogP contribution in [0.25, 0.3) is 11.4 Å². The minimum absolute atomic E-state index is 0.0439. The molecule has 0 aliphatic heterocycles. The minimum Gasteiger partial charge on any atom is -0.306 e. The van der Waals surface area contributed by atoms with Gasteiger partial charge in [0, 0.05) is 41.3 Å². The van der Waals surface area contributed by atoms with Crippen LogP contribution < -0.4 is 5.56 Å². The summed E-state index contributed by atoms with van der Waals surface area (Å²) in [7, 11) is 0. The maximum absolute atomic E-state index is 12.6. The molecule has 2 aliphatic carbocycles. The summed E-state index contributed by atoms with van der Waals surface area (Å²) >= 11 is 0. The van der Waals surface area contributed by atoms with Gasteiger partial charge in [-0.25, -0.2) is 4.98 Å². The van der Waals surface area contributed by atoms with Gasteiger partial charge in [-0.15, -0.1) is 0 Å². The lowest BCUT2D eigenvalue weighted by atomic mass is 9.56. The van der Waals surface area contributed by atoms with E-state index in [-0.39, 0.29) is 22.8 Å². The average Bonchev–Trinajstić information content (AvgIpc) is 2.60. The molecule has 0 saturated heterocycles. The van der Waals surface area contributed by atoms with Crippen molar-refractivity contribution >= 4 is 5.78 Å². The van der Waals surface area contributed by atoms with E-state index in [1.54, 1.807) is 12.4 Å². The van der Waals surface area contributed by atoms with Crippen molar-refractivity contribution in [2.45, 2.75) is 44.9 Å². The highest BCUT2D eigenvalue weighted by Gasteiger charge is 2.49. The normalized spacial score (nSPS) is 29.0. The first kappa shape index (κ1) is 15.2. The molecule has 24 heavy (non-hydrogen) atoms.